The number of nitrogens with zero attached hydrogens (tertiary/aromatic N) is 2. The van der Waals surface area contributed by atoms with Crippen LogP contribution in [0.2, 0.25) is 5.02 Å². The highest BCUT2D eigenvalue weighted by atomic mass is 35.5. The number of aromatic nitrogens is 1. The lowest BCUT2D eigenvalue weighted by Crippen LogP contribution is -2.46. The number of carbonyl (C=O) groups excluding carboxylic acids is 1. The molecule has 0 radical (unpaired) electrons. The van der Waals surface area contributed by atoms with Crippen molar-refractivity contribution in [3.8, 4) is 11.5 Å². The molecule has 0 saturated carbocycles. The molecule has 174 valence electrons. The Morgan fingerprint density at radius 1 is 1.06 bits per heavy atom. The van der Waals surface area contributed by atoms with E-state index in [-0.39, 0.29) is 11.9 Å². The fourth-order valence-electron chi connectivity index (χ4n) is 5.76. The van der Waals surface area contributed by atoms with Gasteiger partial charge in [-0.25, -0.2) is 0 Å². The Kier molecular flexibility index (Phi) is 6.35. The molecule has 2 saturated heterocycles. The number of ether oxygens (including phenoxy) is 2. The summed E-state index contributed by atoms with van der Waals surface area (Å²) in [5.74, 6) is 1.82. The van der Waals surface area contributed by atoms with Crippen molar-refractivity contribution < 1.29 is 14.3 Å². The van der Waals surface area contributed by atoms with E-state index in [4.69, 9.17) is 21.1 Å². The minimum atomic E-state index is 0.0906. The number of carbonyl (C=O) groups is 1. The molecule has 3 heterocycles. The average Bonchev–Trinajstić information content (AvgIpc) is 3.29. The lowest BCUT2D eigenvalue weighted by atomic mass is 9.99. The molecule has 2 aliphatic rings. The monoisotopic (exact) mass is 466 g/mol. The van der Waals surface area contributed by atoms with E-state index in [1.54, 1.807) is 14.0 Å². The molecule has 0 aliphatic carbocycles. The summed E-state index contributed by atoms with van der Waals surface area (Å²) in [6, 6.07) is 14.8. The largest absolute Gasteiger partial charge is 0.495 e. The fourth-order valence-corrected chi connectivity index (χ4v) is 5.89. The van der Waals surface area contributed by atoms with Crippen LogP contribution in [-0.4, -0.2) is 47.1 Å². The Labute approximate surface area is 200 Å². The van der Waals surface area contributed by atoms with Gasteiger partial charge in [0, 0.05) is 47.3 Å². The summed E-state index contributed by atoms with van der Waals surface area (Å²) >= 11 is 6.00. The van der Waals surface area contributed by atoms with E-state index in [1.807, 2.05) is 48.7 Å². The smallest absolute Gasteiger partial charge is 0.161 e. The molecule has 2 aliphatic heterocycles. The minimum absolute atomic E-state index is 0.0906. The van der Waals surface area contributed by atoms with Gasteiger partial charge in [-0.15, -0.1) is 0 Å². The van der Waals surface area contributed by atoms with E-state index < -0.39 is 0 Å². The SMILES string of the molecule is COc1cccc2c(C(C)=O)cn(CCCN3[C@@H]4CC[C@H]3C[C@@H](Oc3ccc(Cl)cc3)C4)c12. The molecule has 6 heteroatoms. The molecule has 33 heavy (non-hydrogen) atoms. The van der Waals surface area contributed by atoms with Gasteiger partial charge < -0.3 is 14.0 Å². The topological polar surface area (TPSA) is 43.7 Å². The third-order valence-electron chi connectivity index (χ3n) is 7.23. The molecule has 2 aromatic carbocycles. The number of ketones is 1. The second-order valence-electron chi connectivity index (χ2n) is 9.29. The van der Waals surface area contributed by atoms with Crippen molar-refractivity contribution >= 4 is 28.3 Å². The van der Waals surface area contributed by atoms with E-state index in [2.05, 4.69) is 9.47 Å². The fraction of sp³-hybridized carbons (Fsp3) is 0.444. The van der Waals surface area contributed by atoms with E-state index in [0.717, 1.165) is 65.3 Å². The second kappa shape index (κ2) is 9.40. The maximum absolute atomic E-state index is 12.2. The summed E-state index contributed by atoms with van der Waals surface area (Å²) in [6.07, 6.45) is 7.96. The molecule has 0 N–H and O–H groups in total. The molecule has 3 aromatic rings. The highest BCUT2D eigenvalue weighted by Crippen LogP contribution is 2.38. The molecule has 0 amide bonds. The Balaban J connectivity index is 1.23. The summed E-state index contributed by atoms with van der Waals surface area (Å²) in [6.45, 7) is 3.56. The maximum Gasteiger partial charge on any atom is 0.161 e. The number of hydrogen-bond donors (Lipinski definition) is 0. The van der Waals surface area contributed by atoms with Crippen molar-refractivity contribution in [2.45, 2.75) is 63.8 Å². The molecule has 1 aromatic heterocycles. The van der Waals surface area contributed by atoms with Gasteiger partial charge in [-0.05, 0) is 69.4 Å². The second-order valence-corrected chi connectivity index (χ2v) is 9.73. The summed E-state index contributed by atoms with van der Waals surface area (Å²) in [5, 5.41) is 1.71. The van der Waals surface area contributed by atoms with Crippen LogP contribution < -0.4 is 9.47 Å². The summed E-state index contributed by atoms with van der Waals surface area (Å²) in [5.41, 5.74) is 1.78. The van der Waals surface area contributed by atoms with Crippen LogP contribution in [0.15, 0.2) is 48.7 Å². The van der Waals surface area contributed by atoms with Crippen molar-refractivity contribution in [3.05, 3.63) is 59.2 Å². The van der Waals surface area contributed by atoms with Gasteiger partial charge in [-0.3, -0.25) is 9.69 Å². The van der Waals surface area contributed by atoms with Crippen LogP contribution in [0.25, 0.3) is 10.9 Å². The van der Waals surface area contributed by atoms with Crippen LogP contribution in [0.1, 0.15) is 49.4 Å². The van der Waals surface area contributed by atoms with Gasteiger partial charge in [-0.1, -0.05) is 23.7 Å². The van der Waals surface area contributed by atoms with Crippen LogP contribution in [-0.2, 0) is 6.54 Å². The van der Waals surface area contributed by atoms with Gasteiger partial charge in [-0.2, -0.15) is 0 Å². The number of halogens is 1. The first kappa shape index (κ1) is 22.3. The number of aryl methyl sites for hydroxylation is 1. The maximum atomic E-state index is 12.2. The van der Waals surface area contributed by atoms with Crippen LogP contribution in [0.4, 0.5) is 0 Å². The molecule has 2 fully saturated rings. The first-order chi connectivity index (χ1) is 16.0. The molecular weight excluding hydrogens is 436 g/mol. The summed E-state index contributed by atoms with van der Waals surface area (Å²) < 4.78 is 14.1. The van der Waals surface area contributed by atoms with Gasteiger partial charge >= 0.3 is 0 Å². The predicted octanol–water partition coefficient (Wildman–Crippen LogP) is 5.97. The van der Waals surface area contributed by atoms with Crippen molar-refractivity contribution in [1.29, 1.82) is 0 Å². The van der Waals surface area contributed by atoms with Gasteiger partial charge in [0.25, 0.3) is 0 Å². The highest BCUT2D eigenvalue weighted by Gasteiger charge is 2.41. The van der Waals surface area contributed by atoms with E-state index in [0.29, 0.717) is 12.1 Å². The Bertz CT molecular complexity index is 1130. The number of piperidine rings is 1. The third-order valence-corrected chi connectivity index (χ3v) is 7.49. The van der Waals surface area contributed by atoms with Crippen LogP contribution in [0.3, 0.4) is 0 Å². The van der Waals surface area contributed by atoms with Crippen LogP contribution >= 0.6 is 11.6 Å². The lowest BCUT2D eigenvalue weighted by molar-refractivity contribution is 0.0482. The highest BCUT2D eigenvalue weighted by molar-refractivity contribution is 6.30. The van der Waals surface area contributed by atoms with E-state index in [1.165, 1.54) is 12.8 Å². The average molecular weight is 467 g/mol. The minimum Gasteiger partial charge on any atom is -0.495 e. The van der Waals surface area contributed by atoms with Gasteiger partial charge in [0.05, 0.1) is 12.6 Å². The third kappa shape index (κ3) is 4.49. The first-order valence-electron chi connectivity index (χ1n) is 11.9. The van der Waals surface area contributed by atoms with Crippen molar-refractivity contribution in [2.24, 2.45) is 0 Å². The number of rotatable bonds is 8. The van der Waals surface area contributed by atoms with Crippen LogP contribution in [0.5, 0.6) is 11.5 Å². The number of hydrogen-bond acceptors (Lipinski definition) is 4. The lowest BCUT2D eigenvalue weighted by Gasteiger charge is -2.39. The summed E-state index contributed by atoms with van der Waals surface area (Å²) in [7, 11) is 1.69. The zero-order chi connectivity index (χ0) is 22.9. The molecule has 5 nitrogen and oxygen atoms in total. The van der Waals surface area contributed by atoms with Crippen molar-refractivity contribution in [1.82, 2.24) is 9.47 Å². The molecule has 0 unspecified atom stereocenters. The number of Topliss-reactive ketones (excluding diaryl/α,β-unsaturated/α-hetero) is 1. The van der Waals surface area contributed by atoms with Crippen LogP contribution in [0, 0.1) is 0 Å². The normalized spacial score (nSPS) is 22.6. The summed E-state index contributed by atoms with van der Waals surface area (Å²) in [4.78, 5) is 14.9. The number of fused-ring (bicyclic) bond motifs is 3. The van der Waals surface area contributed by atoms with Crippen molar-refractivity contribution in [2.75, 3.05) is 13.7 Å². The zero-order valence-electron chi connectivity index (χ0n) is 19.3. The Morgan fingerprint density at radius 2 is 1.79 bits per heavy atom. The molecule has 2 bridgehead atoms. The molecule has 5 rings (SSSR count). The standard InChI is InChI=1S/C27H31ClN2O3/c1-18(31)25-17-29(27-24(25)5-3-6-26(27)32-2)13-4-14-30-20-9-10-21(30)16-23(15-20)33-22-11-7-19(28)8-12-22/h3,5-8,11-12,17,20-21,23H,4,9-10,13-16H2,1-2H3/t20-,21+,23+. The number of benzene rings is 2. The van der Waals surface area contributed by atoms with Gasteiger partial charge in [0.2, 0.25) is 0 Å². The van der Waals surface area contributed by atoms with Gasteiger partial charge in [0.15, 0.2) is 5.78 Å². The Morgan fingerprint density at radius 3 is 2.45 bits per heavy atom. The first-order valence-corrected chi connectivity index (χ1v) is 12.3. The van der Waals surface area contributed by atoms with E-state index >= 15 is 0 Å². The van der Waals surface area contributed by atoms with E-state index in [9.17, 15) is 4.79 Å². The molecular formula is C27H31ClN2O3. The number of methoxy groups -OCH3 is 1. The quantitative estimate of drug-likeness (QED) is 0.383. The number of para-hydroxylation sites is 1. The van der Waals surface area contributed by atoms with Gasteiger partial charge in [0.1, 0.15) is 17.6 Å². The zero-order valence-corrected chi connectivity index (χ0v) is 20.1. The molecule has 3 atom stereocenters. The Hall–Kier alpha value is -2.50. The van der Waals surface area contributed by atoms with Crippen molar-refractivity contribution in [3.63, 3.8) is 0 Å². The predicted molar refractivity (Wildman–Crippen MR) is 132 cm³/mol. The molecule has 0 spiro atoms.